The molecule has 0 saturated carbocycles. The third-order valence-electron chi connectivity index (χ3n) is 2.36. The fourth-order valence-corrected chi connectivity index (χ4v) is 0.503. The largest absolute Gasteiger partial charge is 0.394 e. The molecule has 0 aromatic heterocycles. The predicted molar refractivity (Wildman–Crippen MR) is 378 cm³/mol. The molecule has 18 N–H and O–H groups in total. The first-order chi connectivity index (χ1) is 28.9. The van der Waals surface area contributed by atoms with Gasteiger partial charge < -0.3 is 111 Å². The van der Waals surface area contributed by atoms with E-state index >= 15 is 0 Å². The molecule has 0 radical (unpaired) electrons. The summed E-state index contributed by atoms with van der Waals surface area (Å²) in [6, 6.07) is 0. The molecule has 648 valence electrons. The maximum Gasteiger partial charge on any atom is 0.111 e. The minimum atomic E-state index is -0.253. The van der Waals surface area contributed by atoms with Crippen molar-refractivity contribution >= 4 is 0 Å². The van der Waals surface area contributed by atoms with Gasteiger partial charge in [-0.3, -0.25) is 0 Å². The molecule has 0 atom stereocenters. The van der Waals surface area contributed by atoms with Gasteiger partial charge >= 0.3 is 0 Å². The van der Waals surface area contributed by atoms with E-state index in [2.05, 4.69) is 38.7 Å². The zero-order valence-corrected chi connectivity index (χ0v) is 79.9. The van der Waals surface area contributed by atoms with Gasteiger partial charge in [-0.1, -0.05) is 193 Å². The van der Waals surface area contributed by atoms with Gasteiger partial charge in [0.15, 0.2) is 0 Å². The maximum absolute atomic E-state index is 10.3. The van der Waals surface area contributed by atoms with Crippen molar-refractivity contribution in [3.8, 4) is 0 Å². The fourth-order valence-electron chi connectivity index (χ4n) is 0.503. The molecule has 0 aliphatic heterocycles. The predicted octanol–water partition coefficient (Wildman–Crippen LogP) is 9.40. The first-order valence-corrected chi connectivity index (χ1v) is 16.8. The molecule has 0 rings (SSSR count). The summed E-state index contributed by atoms with van der Waals surface area (Å²) < 4.78 is 59.1. The summed E-state index contributed by atoms with van der Waals surface area (Å²) in [5.41, 5.74) is 0. The molecular formula is C56H186F4O26U6W5. The van der Waals surface area contributed by atoms with Crippen molar-refractivity contribution in [3.05, 3.63) is 0 Å². The number of aliphatic hydroxyl groups excluding tert-OH is 18. The van der Waals surface area contributed by atoms with Crippen LogP contribution in [0.3, 0.4) is 0 Å². The zero-order valence-electron chi connectivity index (χ0n) is 40.3. The van der Waals surface area contributed by atoms with E-state index in [4.69, 9.17) is 91.9 Å². The molecule has 0 aromatic rings. The quantitative estimate of drug-likeness (QED) is 0.0475. The van der Waals surface area contributed by atoms with Crippen molar-refractivity contribution in [2.24, 2.45) is 0 Å². The van der Waals surface area contributed by atoms with Crippen molar-refractivity contribution in [1.29, 1.82) is 0 Å². The number of hydrogen-bond acceptors (Lipinski definition) is 26. The Hall–Kier alpha value is 8.43. The zero-order chi connectivity index (χ0) is 50.0. The summed E-state index contributed by atoms with van der Waals surface area (Å²) in [7, 11) is 6.21. The van der Waals surface area contributed by atoms with Crippen LogP contribution in [0.4, 0.5) is 18.1 Å². The molecule has 0 aromatic carbocycles. The molecule has 0 heterocycles. The SMILES string of the molecule is C.C.C.C.C.C.C.C.C.C.C.C.C.C.C.C.C.C.C.C.C.C.C.C.C.C.COCCO.COCCO.COCCO.COCCO.OCCO.OCCO.OCCO.OCCO.OCCO.OCCOF.OCCOF.OCCOF.OCCOF.[U].[U].[U].[U].[U].[U].[W].[W].[W].[W].[W]. The van der Waals surface area contributed by atoms with Crippen LogP contribution in [0.5, 0.6) is 0 Å². The molecule has 0 aliphatic rings. The molecule has 0 fully saturated rings. The Balaban J connectivity index is -0.00000000499. The number of halogens is 4. The summed E-state index contributed by atoms with van der Waals surface area (Å²) in [6.45, 7) is -0.889. The van der Waals surface area contributed by atoms with Crippen molar-refractivity contribution in [2.75, 3.05) is 200 Å². The third kappa shape index (κ3) is 1260. The van der Waals surface area contributed by atoms with E-state index in [-0.39, 0.29) is 630 Å². The van der Waals surface area contributed by atoms with E-state index < -0.39 is 0 Å². The van der Waals surface area contributed by atoms with Crippen LogP contribution < -0.4 is 0 Å². The van der Waals surface area contributed by atoms with Crippen LogP contribution in [0.1, 0.15) is 193 Å². The third-order valence-corrected chi connectivity index (χ3v) is 2.36. The van der Waals surface area contributed by atoms with Gasteiger partial charge in [0.1, 0.15) is 26.4 Å². The van der Waals surface area contributed by atoms with Crippen LogP contribution >= 0.6 is 0 Å². The molecule has 0 bridgehead atoms. The first kappa shape index (κ1) is 374. The number of ether oxygens (including phenoxy) is 4. The van der Waals surface area contributed by atoms with Gasteiger partial charge in [0.2, 0.25) is 0 Å². The van der Waals surface area contributed by atoms with Gasteiger partial charge in [0.05, 0.1) is 145 Å². The van der Waals surface area contributed by atoms with E-state index in [0.29, 0.717) is 26.4 Å². The number of methoxy groups -OCH3 is 4. The summed E-state index contributed by atoms with van der Waals surface area (Å²) in [5.74, 6) is 0. The first-order valence-electron chi connectivity index (χ1n) is 16.8. The smallest absolute Gasteiger partial charge is 0.111 e. The summed E-state index contributed by atoms with van der Waals surface area (Å²) in [5, 5.41) is 139. The molecule has 0 unspecified atom stereocenters. The minimum absolute atomic E-state index is 0. The Morgan fingerprint density at radius 1 is 0.155 bits per heavy atom. The van der Waals surface area contributed by atoms with E-state index in [1.807, 2.05) is 0 Å². The second-order valence-electron chi connectivity index (χ2n) is 7.25. The average molecular weight is 3700 g/mol. The normalized spacial score (nSPS) is 5.01. The number of hydrogen-bond donors (Lipinski definition) is 18. The molecule has 26 nitrogen and oxygen atoms in total. The fraction of sp³-hybridized carbons (Fsp3) is 1.00. The topological polar surface area (TPSA) is 438 Å². The van der Waals surface area contributed by atoms with E-state index in [1.54, 1.807) is 28.4 Å². The molecule has 41 heteroatoms. The Morgan fingerprint density at radius 2 is 0.216 bits per heavy atom. The Kier molecular flexibility index (Phi) is 2390. The Bertz CT molecular complexity index is 382. The number of aliphatic hydroxyl groups is 18. The van der Waals surface area contributed by atoms with Crippen LogP contribution in [0.25, 0.3) is 0 Å². The van der Waals surface area contributed by atoms with Gasteiger partial charge in [0.25, 0.3) is 0 Å². The summed E-state index contributed by atoms with van der Waals surface area (Å²) in [4.78, 5) is 11.8. The standard InChI is InChI=1S/4C3H8O2.4C2H5FO2.5C2H6O2.26CH4.6U.5W/c4*1-5-3-2-4;4*3-5-2-1-4;5*3-1-2-4;;;;;;;;;;;;;;;;;;;;;;;;;;;;;;;;;;;;;/h4*4H,2-3H2,1H3;4*4H,1-2H2;5*3-4H,1-2H2;26*1H4;;;;;;;;;;;. The average Bonchev–Trinajstić information content (AvgIpc) is 3.28. The van der Waals surface area contributed by atoms with Gasteiger partial charge in [-0.25, -0.2) is 0 Å². The van der Waals surface area contributed by atoms with E-state index in [1.165, 1.54) is 0 Å². The second-order valence-corrected chi connectivity index (χ2v) is 7.25. The molecule has 0 amide bonds. The minimum Gasteiger partial charge on any atom is -0.394 e. The van der Waals surface area contributed by atoms with Crippen molar-refractivity contribution in [3.63, 3.8) is 0 Å². The van der Waals surface area contributed by atoms with Gasteiger partial charge in [-0.2, -0.15) is 19.8 Å². The summed E-state index contributed by atoms with van der Waals surface area (Å²) >= 11 is 0. The molecule has 0 spiro atoms. The molecule has 97 heavy (non-hydrogen) atoms. The molecule has 0 saturated heterocycles. The van der Waals surface area contributed by atoms with Crippen LogP contribution in [0.2, 0.25) is 0 Å². The van der Waals surface area contributed by atoms with Gasteiger partial charge in [-0.15, -0.1) is 0 Å². The monoisotopic (exact) mass is 3700 g/mol. The van der Waals surface area contributed by atoms with Crippen LogP contribution in [-0.4, -0.2) is 292 Å². The van der Waals surface area contributed by atoms with Crippen LogP contribution in [0.15, 0.2) is 0 Å². The van der Waals surface area contributed by atoms with Gasteiger partial charge in [-0.05, 0) is 18.1 Å². The maximum atomic E-state index is 10.3. The second kappa shape index (κ2) is 621. The van der Waals surface area contributed by atoms with Crippen molar-refractivity contribution in [2.45, 2.75) is 193 Å². The van der Waals surface area contributed by atoms with Crippen molar-refractivity contribution in [1.82, 2.24) is 0 Å². The van der Waals surface area contributed by atoms with E-state index in [0.717, 1.165) is 0 Å². The molecule has 0 aliphatic carbocycles. The molecular weight excluding hydrogens is 3510 g/mol. The number of rotatable bonds is 21. The van der Waals surface area contributed by atoms with Gasteiger partial charge in [0, 0.05) is 320 Å². The van der Waals surface area contributed by atoms with E-state index in [9.17, 15) is 18.1 Å². The summed E-state index contributed by atoms with van der Waals surface area (Å²) in [6.07, 6.45) is 0. The van der Waals surface area contributed by atoms with Crippen LogP contribution in [0, 0.1) is 187 Å². The van der Waals surface area contributed by atoms with Crippen LogP contribution in [-0.2, 0) is 144 Å². The Morgan fingerprint density at radius 3 is 0.216 bits per heavy atom. The Labute approximate surface area is 822 Å². The van der Waals surface area contributed by atoms with Crippen molar-refractivity contribution < 1.29 is 441 Å².